The van der Waals surface area contributed by atoms with Crippen LogP contribution in [0.1, 0.15) is 10.4 Å². The monoisotopic (exact) mass is 340 g/mol. The van der Waals surface area contributed by atoms with Gasteiger partial charge < -0.3 is 4.90 Å². The molecule has 0 saturated carbocycles. The van der Waals surface area contributed by atoms with Gasteiger partial charge in [0.05, 0.1) is 17.1 Å². The van der Waals surface area contributed by atoms with Crippen LogP contribution in [0, 0.1) is 11.3 Å². The summed E-state index contributed by atoms with van der Waals surface area (Å²) in [7, 11) is 2.01. The summed E-state index contributed by atoms with van der Waals surface area (Å²) in [5.41, 5.74) is 1.51. The van der Waals surface area contributed by atoms with Gasteiger partial charge in [0.25, 0.3) is 0 Å². The zero-order valence-electron chi connectivity index (χ0n) is 9.65. The fraction of sp³-hybridized carbons (Fsp3) is 0.154. The predicted molar refractivity (Wildman–Crippen MR) is 80.3 cm³/mol. The van der Waals surface area contributed by atoms with E-state index in [9.17, 15) is 0 Å². The highest BCUT2D eigenvalue weighted by Gasteiger charge is 2.07. The fourth-order valence-corrected chi connectivity index (χ4v) is 3.31. The summed E-state index contributed by atoms with van der Waals surface area (Å²) < 4.78 is 1.11. The first kappa shape index (κ1) is 13.4. The first-order chi connectivity index (χ1) is 8.60. The second kappa shape index (κ2) is 5.75. The molecule has 0 saturated heterocycles. The van der Waals surface area contributed by atoms with Crippen molar-refractivity contribution in [1.29, 1.82) is 5.26 Å². The quantitative estimate of drug-likeness (QED) is 0.811. The minimum atomic E-state index is 0.495. The number of hydrogen-bond acceptors (Lipinski definition) is 3. The summed E-state index contributed by atoms with van der Waals surface area (Å²) in [6, 6.07) is 9.64. The van der Waals surface area contributed by atoms with E-state index in [2.05, 4.69) is 38.3 Å². The van der Waals surface area contributed by atoms with Crippen molar-refractivity contribution in [3.63, 3.8) is 0 Å². The molecule has 0 fully saturated rings. The Morgan fingerprint density at radius 3 is 2.78 bits per heavy atom. The molecular weight excluding hydrogens is 332 g/mol. The van der Waals surface area contributed by atoms with Crippen LogP contribution in [0.25, 0.3) is 0 Å². The molecule has 1 heterocycles. The van der Waals surface area contributed by atoms with Gasteiger partial charge in [0, 0.05) is 27.5 Å². The van der Waals surface area contributed by atoms with Crippen LogP contribution in [-0.4, -0.2) is 7.05 Å². The Labute approximate surface area is 124 Å². The summed E-state index contributed by atoms with van der Waals surface area (Å²) in [6.07, 6.45) is 0. The molecule has 2 aromatic rings. The van der Waals surface area contributed by atoms with Crippen molar-refractivity contribution in [1.82, 2.24) is 0 Å². The highest BCUT2D eigenvalue weighted by molar-refractivity contribution is 9.10. The number of halogens is 2. The number of hydrogen-bond donors (Lipinski definition) is 0. The van der Waals surface area contributed by atoms with Crippen molar-refractivity contribution in [3.05, 3.63) is 49.6 Å². The van der Waals surface area contributed by atoms with E-state index in [1.807, 2.05) is 19.2 Å². The topological polar surface area (TPSA) is 27.0 Å². The summed E-state index contributed by atoms with van der Waals surface area (Å²) in [5, 5.41) is 11.4. The fourth-order valence-electron chi connectivity index (χ4n) is 1.59. The molecule has 0 unspecified atom stereocenters. The van der Waals surface area contributed by atoms with Crippen LogP contribution >= 0.6 is 38.9 Å². The maximum atomic E-state index is 8.83. The summed E-state index contributed by atoms with van der Waals surface area (Å²) in [4.78, 5) is 3.37. The normalized spacial score (nSPS) is 10.1. The SMILES string of the molecule is CN(Cc1cc(Br)cs1)c1ccc(C#N)c(Cl)c1. The highest BCUT2D eigenvalue weighted by Crippen LogP contribution is 2.26. The van der Waals surface area contributed by atoms with Crippen molar-refractivity contribution >= 4 is 44.6 Å². The third kappa shape index (κ3) is 3.05. The number of benzene rings is 1. The van der Waals surface area contributed by atoms with Crippen LogP contribution in [0.4, 0.5) is 5.69 Å². The van der Waals surface area contributed by atoms with Gasteiger partial charge >= 0.3 is 0 Å². The van der Waals surface area contributed by atoms with E-state index in [-0.39, 0.29) is 0 Å². The van der Waals surface area contributed by atoms with E-state index in [4.69, 9.17) is 16.9 Å². The van der Waals surface area contributed by atoms with Gasteiger partial charge in [-0.05, 0) is 40.2 Å². The molecule has 0 bridgehead atoms. The van der Waals surface area contributed by atoms with Gasteiger partial charge in [-0.1, -0.05) is 11.6 Å². The average molecular weight is 342 g/mol. The predicted octanol–water partition coefficient (Wildman–Crippen LogP) is 4.67. The minimum Gasteiger partial charge on any atom is -0.369 e. The molecule has 1 aromatic heterocycles. The van der Waals surface area contributed by atoms with Gasteiger partial charge in [-0.2, -0.15) is 5.26 Å². The van der Waals surface area contributed by atoms with Crippen LogP contribution in [0.5, 0.6) is 0 Å². The first-order valence-corrected chi connectivity index (χ1v) is 7.29. The Hall–Kier alpha value is -1.02. The van der Waals surface area contributed by atoms with E-state index in [0.29, 0.717) is 10.6 Å². The highest BCUT2D eigenvalue weighted by atomic mass is 79.9. The molecule has 2 rings (SSSR count). The van der Waals surface area contributed by atoms with Gasteiger partial charge in [-0.15, -0.1) is 11.3 Å². The van der Waals surface area contributed by atoms with Crippen LogP contribution in [0.2, 0.25) is 5.02 Å². The van der Waals surface area contributed by atoms with Crippen LogP contribution in [-0.2, 0) is 6.54 Å². The molecule has 0 aliphatic rings. The lowest BCUT2D eigenvalue weighted by Gasteiger charge is -2.18. The molecule has 0 atom stereocenters. The van der Waals surface area contributed by atoms with E-state index < -0.39 is 0 Å². The van der Waals surface area contributed by atoms with Crippen LogP contribution in [0.3, 0.4) is 0 Å². The van der Waals surface area contributed by atoms with Gasteiger partial charge in [0.15, 0.2) is 0 Å². The second-order valence-corrected chi connectivity index (χ2v) is 6.18. The second-order valence-electron chi connectivity index (χ2n) is 3.86. The lowest BCUT2D eigenvalue weighted by atomic mass is 10.2. The standard InChI is InChI=1S/C13H10BrClN2S/c1-17(7-12-4-10(14)8-18-12)11-3-2-9(6-16)13(15)5-11/h2-5,8H,7H2,1H3. The molecule has 0 aliphatic heterocycles. The van der Waals surface area contributed by atoms with Gasteiger partial charge in [-0.3, -0.25) is 0 Å². The van der Waals surface area contributed by atoms with Crippen molar-refractivity contribution < 1.29 is 0 Å². The molecule has 18 heavy (non-hydrogen) atoms. The van der Waals surface area contributed by atoms with Crippen LogP contribution < -0.4 is 4.90 Å². The van der Waals surface area contributed by atoms with E-state index in [1.54, 1.807) is 17.4 Å². The summed E-state index contributed by atoms with van der Waals surface area (Å²) in [5.74, 6) is 0. The maximum absolute atomic E-state index is 8.83. The Bertz CT molecular complexity index is 603. The number of thiophene rings is 1. The zero-order chi connectivity index (χ0) is 13.1. The van der Waals surface area contributed by atoms with E-state index in [1.165, 1.54) is 4.88 Å². The third-order valence-corrected chi connectivity index (χ3v) is 4.52. The Morgan fingerprint density at radius 2 is 2.22 bits per heavy atom. The molecule has 1 aromatic carbocycles. The van der Waals surface area contributed by atoms with Gasteiger partial charge in [0.1, 0.15) is 6.07 Å². The van der Waals surface area contributed by atoms with Crippen molar-refractivity contribution in [2.24, 2.45) is 0 Å². The lowest BCUT2D eigenvalue weighted by molar-refractivity contribution is 0.940. The number of anilines is 1. The molecule has 92 valence electrons. The average Bonchev–Trinajstić information content (AvgIpc) is 2.74. The Morgan fingerprint density at radius 1 is 1.44 bits per heavy atom. The summed E-state index contributed by atoms with van der Waals surface area (Å²) in [6.45, 7) is 0.818. The van der Waals surface area contributed by atoms with Crippen LogP contribution in [0.15, 0.2) is 34.1 Å². The largest absolute Gasteiger partial charge is 0.369 e. The lowest BCUT2D eigenvalue weighted by Crippen LogP contribution is -2.15. The molecule has 2 nitrogen and oxygen atoms in total. The molecular formula is C13H10BrClN2S. The molecule has 0 amide bonds. The Balaban J connectivity index is 2.16. The first-order valence-electron chi connectivity index (χ1n) is 5.24. The Kier molecular flexibility index (Phi) is 4.28. The summed E-state index contributed by atoms with van der Waals surface area (Å²) >= 11 is 11.2. The maximum Gasteiger partial charge on any atom is 0.101 e. The molecule has 5 heteroatoms. The molecule has 0 aliphatic carbocycles. The van der Waals surface area contributed by atoms with E-state index in [0.717, 1.165) is 16.7 Å². The molecule has 0 N–H and O–H groups in total. The molecule has 0 radical (unpaired) electrons. The smallest absolute Gasteiger partial charge is 0.101 e. The van der Waals surface area contributed by atoms with Crippen molar-refractivity contribution in [2.45, 2.75) is 6.54 Å². The third-order valence-electron chi connectivity index (χ3n) is 2.53. The number of nitrogens with zero attached hydrogens (tertiary/aromatic N) is 2. The van der Waals surface area contributed by atoms with E-state index >= 15 is 0 Å². The van der Waals surface area contributed by atoms with Crippen molar-refractivity contribution in [2.75, 3.05) is 11.9 Å². The molecule has 0 spiro atoms. The number of nitriles is 1. The van der Waals surface area contributed by atoms with Gasteiger partial charge in [-0.25, -0.2) is 0 Å². The zero-order valence-corrected chi connectivity index (χ0v) is 12.8. The minimum absolute atomic E-state index is 0.495. The number of rotatable bonds is 3. The van der Waals surface area contributed by atoms with Gasteiger partial charge in [0.2, 0.25) is 0 Å². The van der Waals surface area contributed by atoms with Crippen molar-refractivity contribution in [3.8, 4) is 6.07 Å².